The average Bonchev–Trinajstić information content (AvgIpc) is 3.02. The van der Waals surface area contributed by atoms with Gasteiger partial charge in [0, 0.05) is 44.1 Å². The Bertz CT molecular complexity index is 734. The first-order valence-electron chi connectivity index (χ1n) is 7.79. The maximum absolute atomic E-state index is 12.5. The third-order valence-electron chi connectivity index (χ3n) is 4.08. The fraction of sp³-hybridized carbons (Fsp3) is 0.353. The van der Waals surface area contributed by atoms with E-state index >= 15 is 0 Å². The molecule has 0 saturated carbocycles. The molecule has 1 aliphatic rings. The minimum atomic E-state index is -0.235. The summed E-state index contributed by atoms with van der Waals surface area (Å²) in [5, 5.41) is 9.10. The maximum Gasteiger partial charge on any atom is 0.289 e. The van der Waals surface area contributed by atoms with Crippen molar-refractivity contribution in [1.82, 2.24) is 14.8 Å². The van der Waals surface area contributed by atoms with Crippen LogP contribution in [0, 0.1) is 6.92 Å². The fourth-order valence-corrected chi connectivity index (χ4v) is 2.77. The third-order valence-corrected chi connectivity index (χ3v) is 4.08. The number of aryl methyl sites for hydroxylation is 1. The Hall–Kier alpha value is -2.67. The number of nitrogens with zero attached hydrogens (tertiary/aromatic N) is 3. The van der Waals surface area contributed by atoms with Gasteiger partial charge < -0.3 is 19.3 Å². The number of rotatable bonds is 3. The van der Waals surface area contributed by atoms with Crippen molar-refractivity contribution < 1.29 is 19.1 Å². The molecule has 1 aliphatic heterocycles. The number of aliphatic hydroxyl groups excluding tert-OH is 1. The third kappa shape index (κ3) is 3.16. The molecule has 0 spiro atoms. The van der Waals surface area contributed by atoms with Gasteiger partial charge >= 0.3 is 0 Å². The number of carbonyl (C=O) groups excluding carboxylic acids is 2. The van der Waals surface area contributed by atoms with Crippen molar-refractivity contribution in [3.8, 4) is 0 Å². The predicted octanol–water partition coefficient (Wildman–Crippen LogP) is 1.07. The van der Waals surface area contributed by atoms with Gasteiger partial charge in [0.2, 0.25) is 0 Å². The summed E-state index contributed by atoms with van der Waals surface area (Å²) < 4.78 is 5.39. The van der Waals surface area contributed by atoms with E-state index in [4.69, 9.17) is 9.52 Å². The van der Waals surface area contributed by atoms with Crippen molar-refractivity contribution in [3.63, 3.8) is 0 Å². The first kappa shape index (κ1) is 16.2. The van der Waals surface area contributed by atoms with Crippen LogP contribution in [0.1, 0.15) is 32.2 Å². The van der Waals surface area contributed by atoms with E-state index < -0.39 is 0 Å². The molecule has 126 valence electrons. The van der Waals surface area contributed by atoms with Crippen LogP contribution in [-0.4, -0.2) is 57.9 Å². The standard InChI is InChI=1S/C17H19N3O4/c1-12-9-14(11-21)24-15(12)17(23)20-7-5-19(6-8-20)16(22)13-3-2-4-18-10-13/h2-4,9-10,21H,5-8,11H2,1H3. The lowest BCUT2D eigenvalue weighted by Gasteiger charge is -2.34. The molecule has 1 saturated heterocycles. The van der Waals surface area contributed by atoms with Crippen LogP contribution in [0.15, 0.2) is 35.0 Å². The molecule has 0 aromatic carbocycles. The number of furan rings is 1. The SMILES string of the molecule is Cc1cc(CO)oc1C(=O)N1CCN(C(=O)c2cccnc2)CC1. The summed E-state index contributed by atoms with van der Waals surface area (Å²) in [6.07, 6.45) is 3.17. The van der Waals surface area contributed by atoms with Crippen molar-refractivity contribution in [2.45, 2.75) is 13.5 Å². The summed E-state index contributed by atoms with van der Waals surface area (Å²) in [5.41, 5.74) is 1.25. The van der Waals surface area contributed by atoms with Crippen LogP contribution >= 0.6 is 0 Å². The monoisotopic (exact) mass is 329 g/mol. The normalized spacial score (nSPS) is 14.8. The van der Waals surface area contributed by atoms with E-state index in [9.17, 15) is 9.59 Å². The topological polar surface area (TPSA) is 86.9 Å². The fourth-order valence-electron chi connectivity index (χ4n) is 2.77. The van der Waals surface area contributed by atoms with Gasteiger partial charge in [0.15, 0.2) is 5.76 Å². The van der Waals surface area contributed by atoms with Crippen LogP contribution in [0.25, 0.3) is 0 Å². The molecule has 0 unspecified atom stereocenters. The molecular formula is C17H19N3O4. The first-order chi connectivity index (χ1) is 11.6. The molecule has 0 aliphatic carbocycles. The Kier molecular flexibility index (Phi) is 4.61. The smallest absolute Gasteiger partial charge is 0.289 e. The summed E-state index contributed by atoms with van der Waals surface area (Å²) in [6, 6.07) is 5.12. The lowest BCUT2D eigenvalue weighted by atomic mass is 10.2. The highest BCUT2D eigenvalue weighted by Gasteiger charge is 2.28. The van der Waals surface area contributed by atoms with E-state index in [0.717, 1.165) is 0 Å². The zero-order valence-electron chi connectivity index (χ0n) is 13.4. The second-order valence-electron chi connectivity index (χ2n) is 5.71. The Morgan fingerprint density at radius 2 is 1.88 bits per heavy atom. The van der Waals surface area contributed by atoms with Gasteiger partial charge in [0.25, 0.3) is 11.8 Å². The molecule has 24 heavy (non-hydrogen) atoms. The lowest BCUT2D eigenvalue weighted by Crippen LogP contribution is -2.50. The summed E-state index contributed by atoms with van der Waals surface area (Å²) >= 11 is 0. The van der Waals surface area contributed by atoms with Gasteiger partial charge in [-0.25, -0.2) is 0 Å². The molecule has 2 amide bonds. The molecule has 0 atom stereocenters. The van der Waals surface area contributed by atoms with Gasteiger partial charge in [-0.2, -0.15) is 0 Å². The van der Waals surface area contributed by atoms with Crippen molar-refractivity contribution in [2.24, 2.45) is 0 Å². The van der Waals surface area contributed by atoms with Crippen molar-refractivity contribution >= 4 is 11.8 Å². The molecule has 7 nitrogen and oxygen atoms in total. The van der Waals surface area contributed by atoms with Crippen LogP contribution < -0.4 is 0 Å². The molecule has 3 rings (SSSR count). The van der Waals surface area contributed by atoms with E-state index in [1.807, 2.05) is 0 Å². The highest BCUT2D eigenvalue weighted by atomic mass is 16.4. The number of amides is 2. The van der Waals surface area contributed by atoms with Gasteiger partial charge in [-0.15, -0.1) is 0 Å². The highest BCUT2D eigenvalue weighted by Crippen LogP contribution is 2.18. The minimum Gasteiger partial charge on any atom is -0.453 e. The van der Waals surface area contributed by atoms with Crippen molar-refractivity contribution in [2.75, 3.05) is 26.2 Å². The number of piperazine rings is 1. The maximum atomic E-state index is 12.5. The Morgan fingerprint density at radius 1 is 1.21 bits per heavy atom. The minimum absolute atomic E-state index is 0.0769. The molecular weight excluding hydrogens is 310 g/mol. The van der Waals surface area contributed by atoms with E-state index in [1.54, 1.807) is 47.3 Å². The number of aliphatic hydroxyl groups is 1. The molecule has 3 heterocycles. The van der Waals surface area contributed by atoms with Crippen molar-refractivity contribution in [3.05, 3.63) is 53.2 Å². The van der Waals surface area contributed by atoms with Crippen LogP contribution in [0.3, 0.4) is 0 Å². The second-order valence-corrected chi connectivity index (χ2v) is 5.71. The molecule has 7 heteroatoms. The zero-order valence-corrected chi connectivity index (χ0v) is 13.4. The summed E-state index contributed by atoms with van der Waals surface area (Å²) in [5.74, 6) is 0.347. The second kappa shape index (κ2) is 6.84. The van der Waals surface area contributed by atoms with E-state index in [-0.39, 0.29) is 24.2 Å². The average molecular weight is 329 g/mol. The van der Waals surface area contributed by atoms with Crippen LogP contribution in [0.5, 0.6) is 0 Å². The lowest BCUT2D eigenvalue weighted by molar-refractivity contribution is 0.0515. The summed E-state index contributed by atoms with van der Waals surface area (Å²) in [7, 11) is 0. The van der Waals surface area contributed by atoms with Crippen molar-refractivity contribution in [1.29, 1.82) is 0 Å². The molecule has 2 aromatic heterocycles. The Labute approximate surface area is 139 Å². The van der Waals surface area contributed by atoms with Gasteiger partial charge in [0.1, 0.15) is 12.4 Å². The Morgan fingerprint density at radius 3 is 2.42 bits per heavy atom. The number of hydrogen-bond donors (Lipinski definition) is 1. The highest BCUT2D eigenvalue weighted by molar-refractivity contribution is 5.95. The van der Waals surface area contributed by atoms with Gasteiger partial charge in [0.05, 0.1) is 5.56 Å². The molecule has 1 fully saturated rings. The molecule has 0 bridgehead atoms. The molecule has 1 N–H and O–H groups in total. The van der Waals surface area contributed by atoms with Gasteiger partial charge in [-0.05, 0) is 25.1 Å². The number of aromatic nitrogens is 1. The van der Waals surface area contributed by atoms with E-state index in [1.165, 1.54) is 0 Å². The zero-order chi connectivity index (χ0) is 17.1. The van der Waals surface area contributed by atoms with E-state index in [2.05, 4.69) is 4.98 Å². The Balaban J connectivity index is 1.63. The van der Waals surface area contributed by atoms with Gasteiger partial charge in [-0.3, -0.25) is 14.6 Å². The van der Waals surface area contributed by atoms with E-state index in [0.29, 0.717) is 43.1 Å². The number of hydrogen-bond acceptors (Lipinski definition) is 5. The van der Waals surface area contributed by atoms with Gasteiger partial charge in [-0.1, -0.05) is 0 Å². The number of pyridine rings is 1. The largest absolute Gasteiger partial charge is 0.453 e. The summed E-state index contributed by atoms with van der Waals surface area (Å²) in [6.45, 7) is 3.36. The molecule has 0 radical (unpaired) electrons. The van der Waals surface area contributed by atoms with Crippen LogP contribution in [-0.2, 0) is 6.61 Å². The number of carbonyl (C=O) groups is 2. The summed E-state index contributed by atoms with van der Waals surface area (Å²) in [4.78, 5) is 32.3. The predicted molar refractivity (Wildman–Crippen MR) is 85.4 cm³/mol. The first-order valence-corrected chi connectivity index (χ1v) is 7.79. The van der Waals surface area contributed by atoms with Crippen LogP contribution in [0.4, 0.5) is 0 Å². The van der Waals surface area contributed by atoms with Crippen LogP contribution in [0.2, 0.25) is 0 Å². The quantitative estimate of drug-likeness (QED) is 0.910. The molecule has 2 aromatic rings.